The van der Waals surface area contributed by atoms with Crippen molar-refractivity contribution in [3.8, 4) is 5.88 Å². The van der Waals surface area contributed by atoms with Crippen LogP contribution >= 0.6 is 0 Å². The molecule has 1 heterocycles. The van der Waals surface area contributed by atoms with Crippen molar-refractivity contribution in [2.24, 2.45) is 11.7 Å². The molecule has 0 radical (unpaired) electrons. The van der Waals surface area contributed by atoms with Crippen LogP contribution in [0.5, 0.6) is 5.88 Å². The Hall–Kier alpha value is -1.96. The Kier molecular flexibility index (Phi) is 3.56. The highest BCUT2D eigenvalue weighted by atomic mass is 16.6. The van der Waals surface area contributed by atoms with E-state index in [2.05, 4.69) is 15.3 Å². The molecule has 8 heteroatoms. The quantitative estimate of drug-likeness (QED) is 0.561. The molecule has 1 aromatic rings. The molecule has 0 amide bonds. The maximum Gasteiger partial charge on any atom is 0.372 e. The van der Waals surface area contributed by atoms with Crippen molar-refractivity contribution in [1.82, 2.24) is 9.97 Å². The number of nitrogens with one attached hydrogen (secondary N) is 1. The first-order valence-electron chi connectivity index (χ1n) is 5.66. The van der Waals surface area contributed by atoms with Crippen LogP contribution in [0.3, 0.4) is 0 Å². The minimum absolute atomic E-state index is 0.00874. The van der Waals surface area contributed by atoms with Gasteiger partial charge in [-0.15, -0.1) is 0 Å². The fourth-order valence-electron chi connectivity index (χ4n) is 1.71. The van der Waals surface area contributed by atoms with Gasteiger partial charge in [-0.3, -0.25) is 10.1 Å². The Balaban J connectivity index is 2.12. The molecule has 1 atom stereocenters. The van der Waals surface area contributed by atoms with Crippen molar-refractivity contribution in [2.75, 3.05) is 19.0 Å². The van der Waals surface area contributed by atoms with E-state index in [1.807, 2.05) is 0 Å². The largest absolute Gasteiger partial charge is 0.476 e. The van der Waals surface area contributed by atoms with Gasteiger partial charge in [0.25, 0.3) is 5.88 Å². The normalized spacial score (nSPS) is 16.1. The predicted octanol–water partition coefficient (Wildman–Crippen LogP) is 0.543. The molecule has 1 unspecified atom stereocenters. The Morgan fingerprint density at radius 3 is 2.94 bits per heavy atom. The minimum Gasteiger partial charge on any atom is -0.476 e. The Bertz CT molecular complexity index is 449. The highest BCUT2D eigenvalue weighted by Gasteiger charge is 2.29. The molecule has 1 aliphatic rings. The van der Waals surface area contributed by atoms with E-state index in [-0.39, 0.29) is 23.4 Å². The van der Waals surface area contributed by atoms with Crippen LogP contribution in [0.2, 0.25) is 0 Å². The molecule has 98 valence electrons. The fourth-order valence-corrected chi connectivity index (χ4v) is 1.71. The highest BCUT2D eigenvalue weighted by Crippen LogP contribution is 2.33. The van der Waals surface area contributed by atoms with Gasteiger partial charge in [0.05, 0.1) is 12.0 Å². The second-order valence-electron chi connectivity index (χ2n) is 4.22. The molecule has 1 fully saturated rings. The van der Waals surface area contributed by atoms with Gasteiger partial charge in [-0.1, -0.05) is 0 Å². The summed E-state index contributed by atoms with van der Waals surface area (Å²) in [6.45, 7) is 0.450. The molecule has 1 aliphatic carbocycles. The van der Waals surface area contributed by atoms with Crippen molar-refractivity contribution in [2.45, 2.75) is 18.9 Å². The van der Waals surface area contributed by atoms with E-state index in [0.717, 1.165) is 12.8 Å². The van der Waals surface area contributed by atoms with Crippen LogP contribution in [-0.2, 0) is 0 Å². The van der Waals surface area contributed by atoms with Gasteiger partial charge in [-0.25, -0.2) is 4.98 Å². The Labute approximate surface area is 104 Å². The van der Waals surface area contributed by atoms with Gasteiger partial charge in [0, 0.05) is 12.6 Å². The van der Waals surface area contributed by atoms with Crippen molar-refractivity contribution < 1.29 is 9.66 Å². The van der Waals surface area contributed by atoms with Crippen LogP contribution in [-0.4, -0.2) is 34.6 Å². The van der Waals surface area contributed by atoms with Crippen molar-refractivity contribution in [3.05, 3.63) is 16.4 Å². The van der Waals surface area contributed by atoms with E-state index in [9.17, 15) is 10.1 Å². The van der Waals surface area contributed by atoms with Gasteiger partial charge in [-0.2, -0.15) is 4.98 Å². The van der Waals surface area contributed by atoms with E-state index in [4.69, 9.17) is 10.5 Å². The molecule has 0 saturated heterocycles. The van der Waals surface area contributed by atoms with Gasteiger partial charge in [0.1, 0.15) is 6.33 Å². The zero-order valence-electron chi connectivity index (χ0n) is 10.00. The van der Waals surface area contributed by atoms with Gasteiger partial charge in [-0.05, 0) is 18.8 Å². The molecular weight excluding hydrogens is 238 g/mol. The molecule has 0 aliphatic heterocycles. The lowest BCUT2D eigenvalue weighted by Crippen LogP contribution is -2.31. The number of anilines is 1. The summed E-state index contributed by atoms with van der Waals surface area (Å²) in [5.74, 6) is 0.598. The molecule has 1 saturated carbocycles. The van der Waals surface area contributed by atoms with Crippen molar-refractivity contribution in [3.63, 3.8) is 0 Å². The standard InChI is InChI=1S/C10H15N5O3/c1-18-10-8(15(16)17)9(13-5-14-10)12-4-7(11)6-2-3-6/h5-7H,2-4,11H2,1H3,(H,12,13,14). The van der Waals surface area contributed by atoms with Gasteiger partial charge < -0.3 is 15.8 Å². The molecule has 0 aromatic carbocycles. The third-order valence-electron chi connectivity index (χ3n) is 2.90. The zero-order chi connectivity index (χ0) is 13.1. The monoisotopic (exact) mass is 253 g/mol. The number of aromatic nitrogens is 2. The maximum absolute atomic E-state index is 11.0. The average Bonchev–Trinajstić information content (AvgIpc) is 3.19. The minimum atomic E-state index is -0.566. The van der Waals surface area contributed by atoms with Crippen LogP contribution in [0.25, 0.3) is 0 Å². The Morgan fingerprint density at radius 2 is 2.39 bits per heavy atom. The second kappa shape index (κ2) is 5.13. The number of hydrogen-bond acceptors (Lipinski definition) is 7. The molecule has 0 bridgehead atoms. The van der Waals surface area contributed by atoms with Crippen LogP contribution in [0.15, 0.2) is 6.33 Å². The van der Waals surface area contributed by atoms with Gasteiger partial charge in [0.2, 0.25) is 5.82 Å². The van der Waals surface area contributed by atoms with Crippen LogP contribution in [0, 0.1) is 16.0 Å². The number of nitrogens with zero attached hydrogens (tertiary/aromatic N) is 3. The third kappa shape index (κ3) is 2.65. The summed E-state index contributed by atoms with van der Waals surface area (Å²) < 4.78 is 4.85. The van der Waals surface area contributed by atoms with Crippen LogP contribution in [0.1, 0.15) is 12.8 Å². The van der Waals surface area contributed by atoms with Crippen molar-refractivity contribution in [1.29, 1.82) is 0 Å². The first-order chi connectivity index (χ1) is 8.63. The van der Waals surface area contributed by atoms with Crippen LogP contribution < -0.4 is 15.8 Å². The number of nitrogens with two attached hydrogens (primary N) is 1. The number of ether oxygens (including phenoxy) is 1. The lowest BCUT2D eigenvalue weighted by Gasteiger charge is -2.12. The molecule has 3 N–H and O–H groups in total. The Morgan fingerprint density at radius 1 is 1.67 bits per heavy atom. The summed E-state index contributed by atoms with van der Waals surface area (Å²) in [7, 11) is 1.33. The predicted molar refractivity (Wildman–Crippen MR) is 64.4 cm³/mol. The van der Waals surface area contributed by atoms with Crippen molar-refractivity contribution >= 4 is 11.5 Å². The van der Waals surface area contributed by atoms with E-state index in [1.165, 1.54) is 13.4 Å². The molecule has 8 nitrogen and oxygen atoms in total. The van der Waals surface area contributed by atoms with E-state index in [0.29, 0.717) is 12.5 Å². The summed E-state index contributed by atoms with van der Waals surface area (Å²) in [5, 5.41) is 13.9. The van der Waals surface area contributed by atoms with Gasteiger partial charge in [0.15, 0.2) is 0 Å². The molecule has 0 spiro atoms. The van der Waals surface area contributed by atoms with Gasteiger partial charge >= 0.3 is 5.69 Å². The lowest BCUT2D eigenvalue weighted by atomic mass is 10.2. The second-order valence-corrected chi connectivity index (χ2v) is 4.22. The molecule has 2 rings (SSSR count). The summed E-state index contributed by atoms with van der Waals surface area (Å²) in [5.41, 5.74) is 5.66. The SMILES string of the molecule is COc1ncnc(NCC(N)C2CC2)c1[N+](=O)[O-]. The van der Waals surface area contributed by atoms with E-state index in [1.54, 1.807) is 0 Å². The van der Waals surface area contributed by atoms with Crippen LogP contribution in [0.4, 0.5) is 11.5 Å². The average molecular weight is 253 g/mol. The fraction of sp³-hybridized carbons (Fsp3) is 0.600. The summed E-state index contributed by atoms with van der Waals surface area (Å²) >= 11 is 0. The smallest absolute Gasteiger partial charge is 0.372 e. The summed E-state index contributed by atoms with van der Waals surface area (Å²) in [6, 6.07) is -0.00874. The third-order valence-corrected chi connectivity index (χ3v) is 2.90. The highest BCUT2D eigenvalue weighted by molar-refractivity contribution is 5.61. The molecule has 1 aromatic heterocycles. The number of rotatable bonds is 6. The molecule has 18 heavy (non-hydrogen) atoms. The number of nitro groups is 1. The number of methoxy groups -OCH3 is 1. The lowest BCUT2D eigenvalue weighted by molar-refractivity contribution is -0.385. The molecular formula is C10H15N5O3. The summed E-state index contributed by atoms with van der Waals surface area (Å²) in [6.07, 6.45) is 3.47. The van der Waals surface area contributed by atoms with E-state index >= 15 is 0 Å². The number of hydrogen-bond donors (Lipinski definition) is 2. The zero-order valence-corrected chi connectivity index (χ0v) is 10.00. The summed E-state index contributed by atoms with van der Waals surface area (Å²) in [4.78, 5) is 18.0. The maximum atomic E-state index is 11.0. The first-order valence-corrected chi connectivity index (χ1v) is 5.66. The van der Waals surface area contributed by atoms with E-state index < -0.39 is 4.92 Å². The first kappa shape index (κ1) is 12.5. The topological polar surface area (TPSA) is 116 Å².